The summed E-state index contributed by atoms with van der Waals surface area (Å²) in [5.41, 5.74) is 2.10. The van der Waals surface area contributed by atoms with Crippen molar-refractivity contribution in [2.75, 3.05) is 22.6 Å². The smallest absolute Gasteiger partial charge is 0.341 e. The maximum atomic E-state index is 14.2. The molecule has 0 aliphatic rings. The molecule has 11 heteroatoms. The van der Waals surface area contributed by atoms with Gasteiger partial charge in [0.05, 0.1) is 22.6 Å². The summed E-state index contributed by atoms with van der Waals surface area (Å²) in [5, 5.41) is 7.82. The molecule has 0 saturated heterocycles. The van der Waals surface area contributed by atoms with E-state index in [2.05, 4.69) is 16.0 Å². The number of para-hydroxylation sites is 1. The topological polar surface area (TPSA) is 114 Å². The van der Waals surface area contributed by atoms with Gasteiger partial charge in [0, 0.05) is 16.3 Å². The highest BCUT2D eigenvalue weighted by atomic mass is 32.2. The molecule has 0 bridgehead atoms. The third-order valence-corrected chi connectivity index (χ3v) is 9.36. The lowest BCUT2D eigenvalue weighted by atomic mass is 10.1. The fourth-order valence-corrected chi connectivity index (χ4v) is 6.86. The Labute approximate surface area is 279 Å². The maximum absolute atomic E-state index is 14.2. The van der Waals surface area contributed by atoms with Gasteiger partial charge < -0.3 is 20.7 Å². The number of hydrogen-bond donors (Lipinski definition) is 3. The van der Waals surface area contributed by atoms with Crippen LogP contribution >= 0.6 is 23.1 Å². The molecule has 0 radical (unpaired) electrons. The van der Waals surface area contributed by atoms with E-state index in [1.165, 1.54) is 30.0 Å². The zero-order chi connectivity index (χ0) is 33.3. The minimum Gasteiger partial charge on any atom is -0.462 e. The second-order valence-corrected chi connectivity index (χ2v) is 12.4. The molecule has 5 rings (SSSR count). The van der Waals surface area contributed by atoms with Crippen LogP contribution in [-0.4, -0.2) is 30.3 Å². The van der Waals surface area contributed by atoms with Crippen LogP contribution in [0.5, 0.6) is 0 Å². The van der Waals surface area contributed by atoms with E-state index in [9.17, 15) is 23.6 Å². The molecule has 3 amide bonds. The summed E-state index contributed by atoms with van der Waals surface area (Å²) >= 11 is 2.22. The molecule has 0 saturated carbocycles. The second kappa shape index (κ2) is 15.4. The normalized spacial score (nSPS) is 11.3. The van der Waals surface area contributed by atoms with Gasteiger partial charge in [0.15, 0.2) is 0 Å². The van der Waals surface area contributed by atoms with Crippen LogP contribution in [0.3, 0.4) is 0 Å². The SMILES string of the molecule is CCOC(=O)c1c(NC(=O)C(Sc2cccc(NC(=O)c3ccccc3F)c2)c2ccccc2)sc(C(=O)Nc2ccccc2)c1C. The Kier molecular flexibility index (Phi) is 10.8. The van der Waals surface area contributed by atoms with Crippen molar-refractivity contribution in [3.63, 3.8) is 0 Å². The number of ether oxygens (including phenoxy) is 1. The Morgan fingerprint density at radius 3 is 2.13 bits per heavy atom. The molecule has 0 fully saturated rings. The molecule has 0 aliphatic carbocycles. The first-order valence-corrected chi connectivity index (χ1v) is 16.3. The van der Waals surface area contributed by atoms with Crippen LogP contribution in [0.15, 0.2) is 114 Å². The van der Waals surface area contributed by atoms with Crippen LogP contribution in [0, 0.1) is 12.7 Å². The molecule has 1 aromatic heterocycles. The molecule has 0 aliphatic heterocycles. The van der Waals surface area contributed by atoms with Crippen molar-refractivity contribution in [3.05, 3.63) is 142 Å². The van der Waals surface area contributed by atoms with Crippen LogP contribution < -0.4 is 16.0 Å². The lowest BCUT2D eigenvalue weighted by Gasteiger charge is -2.18. The largest absolute Gasteiger partial charge is 0.462 e. The number of rotatable bonds is 11. The fourth-order valence-electron chi connectivity index (χ4n) is 4.68. The minimum atomic E-state index is -0.798. The highest BCUT2D eigenvalue weighted by molar-refractivity contribution is 8.00. The highest BCUT2D eigenvalue weighted by Crippen LogP contribution is 2.40. The van der Waals surface area contributed by atoms with Crippen LogP contribution in [0.1, 0.15) is 53.7 Å². The lowest BCUT2D eigenvalue weighted by molar-refractivity contribution is -0.115. The van der Waals surface area contributed by atoms with Crippen molar-refractivity contribution in [1.29, 1.82) is 0 Å². The monoisotopic (exact) mass is 667 g/mol. The lowest BCUT2D eigenvalue weighted by Crippen LogP contribution is -2.20. The van der Waals surface area contributed by atoms with Crippen molar-refractivity contribution < 1.29 is 28.3 Å². The number of thioether (sulfide) groups is 1. The summed E-state index contributed by atoms with van der Waals surface area (Å²) in [6.45, 7) is 3.43. The summed E-state index contributed by atoms with van der Waals surface area (Å²) in [6.07, 6.45) is 0. The van der Waals surface area contributed by atoms with Gasteiger partial charge in [0.2, 0.25) is 5.91 Å². The number of anilines is 3. The van der Waals surface area contributed by atoms with Crippen molar-refractivity contribution >= 4 is 63.2 Å². The van der Waals surface area contributed by atoms with Crippen molar-refractivity contribution in [1.82, 2.24) is 0 Å². The van der Waals surface area contributed by atoms with Gasteiger partial charge in [-0.15, -0.1) is 23.1 Å². The Morgan fingerprint density at radius 2 is 1.43 bits per heavy atom. The summed E-state index contributed by atoms with van der Waals surface area (Å²) < 4.78 is 19.5. The van der Waals surface area contributed by atoms with Gasteiger partial charge in [0.25, 0.3) is 11.8 Å². The molecule has 1 unspecified atom stereocenters. The number of amides is 3. The molecule has 1 heterocycles. The van der Waals surface area contributed by atoms with Crippen LogP contribution in [0.4, 0.5) is 20.8 Å². The van der Waals surface area contributed by atoms with E-state index < -0.39 is 34.8 Å². The molecule has 5 aromatic rings. The van der Waals surface area contributed by atoms with Gasteiger partial charge in [-0.25, -0.2) is 9.18 Å². The molecular weight excluding hydrogens is 638 g/mol. The second-order valence-electron chi connectivity index (χ2n) is 10.2. The number of halogens is 1. The van der Waals surface area contributed by atoms with E-state index in [1.54, 1.807) is 68.4 Å². The quantitative estimate of drug-likeness (QED) is 0.0964. The van der Waals surface area contributed by atoms with Crippen molar-refractivity contribution in [2.45, 2.75) is 24.0 Å². The minimum absolute atomic E-state index is 0.0902. The summed E-state index contributed by atoms with van der Waals surface area (Å²) in [5.74, 6) is -2.76. The fraction of sp³-hybridized carbons (Fsp3) is 0.111. The number of hydrogen-bond acceptors (Lipinski definition) is 7. The summed E-state index contributed by atoms with van der Waals surface area (Å²) in [4.78, 5) is 54.0. The Hall–Kier alpha value is -5.26. The molecule has 8 nitrogen and oxygen atoms in total. The van der Waals surface area contributed by atoms with Gasteiger partial charge in [-0.2, -0.15) is 0 Å². The van der Waals surface area contributed by atoms with E-state index in [1.807, 2.05) is 36.4 Å². The van der Waals surface area contributed by atoms with E-state index >= 15 is 0 Å². The predicted molar refractivity (Wildman–Crippen MR) is 184 cm³/mol. The van der Waals surface area contributed by atoms with E-state index in [4.69, 9.17) is 4.74 Å². The van der Waals surface area contributed by atoms with Crippen molar-refractivity contribution in [3.8, 4) is 0 Å². The first kappa shape index (κ1) is 33.1. The third-order valence-electron chi connectivity index (χ3n) is 6.91. The maximum Gasteiger partial charge on any atom is 0.341 e. The number of thiophene rings is 1. The third kappa shape index (κ3) is 8.13. The average Bonchev–Trinajstić information content (AvgIpc) is 3.40. The standard InChI is InChI=1S/C36H30FN3O5S2/c1-3-45-36(44)29-22(2)30(33(42)38-24-15-8-5-9-16-24)47-35(29)40-34(43)31(23-13-6-4-7-14-23)46-26-18-12-17-25(21-26)39-32(41)27-19-10-11-20-28(27)37/h4-21,31H,3H2,1-2H3,(H,38,42)(H,39,41)(H,40,43). The summed E-state index contributed by atoms with van der Waals surface area (Å²) in [7, 11) is 0. The van der Waals surface area contributed by atoms with E-state index in [-0.39, 0.29) is 27.6 Å². The Morgan fingerprint density at radius 1 is 0.787 bits per heavy atom. The number of carbonyl (C=O) groups is 4. The average molecular weight is 668 g/mol. The zero-order valence-electron chi connectivity index (χ0n) is 25.4. The number of benzene rings is 4. The highest BCUT2D eigenvalue weighted by Gasteiger charge is 2.30. The number of nitrogens with one attached hydrogen (secondary N) is 3. The number of carbonyl (C=O) groups excluding carboxylic acids is 4. The van der Waals surface area contributed by atoms with Gasteiger partial charge in [-0.1, -0.05) is 66.7 Å². The van der Waals surface area contributed by atoms with Crippen LogP contribution in [0.25, 0.3) is 0 Å². The molecule has 3 N–H and O–H groups in total. The van der Waals surface area contributed by atoms with Crippen molar-refractivity contribution in [2.24, 2.45) is 0 Å². The molecule has 1 atom stereocenters. The van der Waals surface area contributed by atoms with Crippen LogP contribution in [-0.2, 0) is 9.53 Å². The van der Waals surface area contributed by atoms with Gasteiger partial charge in [0.1, 0.15) is 16.1 Å². The Bertz CT molecular complexity index is 1910. The van der Waals surface area contributed by atoms with Gasteiger partial charge in [-0.05, 0) is 67.4 Å². The zero-order valence-corrected chi connectivity index (χ0v) is 27.0. The molecule has 238 valence electrons. The van der Waals surface area contributed by atoms with Gasteiger partial charge in [-0.3, -0.25) is 14.4 Å². The first-order chi connectivity index (χ1) is 22.7. The molecule has 4 aromatic carbocycles. The van der Waals surface area contributed by atoms with E-state index in [0.29, 0.717) is 27.4 Å². The summed E-state index contributed by atoms with van der Waals surface area (Å²) in [6, 6.07) is 30.6. The Balaban J connectivity index is 1.42. The van der Waals surface area contributed by atoms with E-state index in [0.717, 1.165) is 11.3 Å². The molecule has 0 spiro atoms. The van der Waals surface area contributed by atoms with Crippen LogP contribution in [0.2, 0.25) is 0 Å². The first-order valence-electron chi connectivity index (χ1n) is 14.6. The molecule has 47 heavy (non-hydrogen) atoms. The predicted octanol–water partition coefficient (Wildman–Crippen LogP) is 8.35. The molecular formula is C36H30FN3O5S2. The number of esters is 1. The van der Waals surface area contributed by atoms with Gasteiger partial charge >= 0.3 is 5.97 Å².